The number of para-hydroxylation sites is 1. The third kappa shape index (κ3) is 5.66. The summed E-state index contributed by atoms with van der Waals surface area (Å²) in [6.07, 6.45) is 0. The maximum Gasteiger partial charge on any atom is 0.335 e. The predicted molar refractivity (Wildman–Crippen MR) is 118 cm³/mol. The summed E-state index contributed by atoms with van der Waals surface area (Å²) in [4.78, 5) is 11.0. The summed E-state index contributed by atoms with van der Waals surface area (Å²) in [5.41, 5.74) is 3.01. The number of carboxylic acids is 1. The molecule has 0 saturated heterocycles. The second-order valence-electron chi connectivity index (χ2n) is 6.58. The summed E-state index contributed by atoms with van der Waals surface area (Å²) < 4.78 is 11.5. The first-order valence-corrected chi connectivity index (χ1v) is 9.99. The number of carboxylic acid groups (broad SMARTS) is 1. The van der Waals surface area contributed by atoms with E-state index in [-0.39, 0.29) is 12.2 Å². The molecule has 0 saturated carbocycles. The fourth-order valence-corrected chi connectivity index (χ4v) is 3.38. The molecule has 0 aliphatic carbocycles. The molecule has 156 valence electrons. The minimum absolute atomic E-state index is 0.267. The van der Waals surface area contributed by atoms with Crippen LogP contribution in [0, 0.1) is 0 Å². The van der Waals surface area contributed by atoms with E-state index in [1.54, 1.807) is 43.5 Å². The number of hydrogen-bond acceptors (Lipinski definition) is 4. The van der Waals surface area contributed by atoms with Crippen LogP contribution in [-0.4, -0.2) is 18.2 Å². The highest BCUT2D eigenvalue weighted by Crippen LogP contribution is 2.32. The van der Waals surface area contributed by atoms with Gasteiger partial charge >= 0.3 is 5.97 Å². The van der Waals surface area contributed by atoms with Crippen molar-refractivity contribution < 1.29 is 19.4 Å². The molecule has 0 radical (unpaired) electrons. The van der Waals surface area contributed by atoms with Crippen LogP contribution in [0.2, 0.25) is 10.0 Å². The molecule has 0 aliphatic heterocycles. The zero-order valence-corrected chi connectivity index (χ0v) is 17.8. The number of ether oxygens (including phenoxy) is 2. The number of aromatic carboxylic acids is 1. The van der Waals surface area contributed by atoms with Crippen molar-refractivity contribution >= 4 is 29.2 Å². The first-order valence-electron chi connectivity index (χ1n) is 9.23. The van der Waals surface area contributed by atoms with Gasteiger partial charge in [-0.05, 0) is 35.9 Å². The predicted octanol–water partition coefficient (Wildman–Crippen LogP) is 5.57. The quantitative estimate of drug-likeness (QED) is 0.450. The van der Waals surface area contributed by atoms with Crippen molar-refractivity contribution in [3.63, 3.8) is 0 Å². The molecule has 0 bridgehead atoms. The Hall–Kier alpha value is -2.73. The number of nitrogens with one attached hydrogen (secondary N) is 1. The van der Waals surface area contributed by atoms with Gasteiger partial charge in [0, 0.05) is 34.3 Å². The highest BCUT2D eigenvalue weighted by atomic mass is 35.5. The Morgan fingerprint density at radius 2 is 1.77 bits per heavy atom. The Bertz CT molecular complexity index is 1020. The van der Waals surface area contributed by atoms with Crippen LogP contribution in [0.1, 0.15) is 27.0 Å². The zero-order valence-electron chi connectivity index (χ0n) is 16.3. The van der Waals surface area contributed by atoms with Gasteiger partial charge in [0.1, 0.15) is 6.61 Å². The second-order valence-corrected chi connectivity index (χ2v) is 7.42. The lowest BCUT2D eigenvalue weighted by molar-refractivity contribution is 0.0697. The van der Waals surface area contributed by atoms with Crippen LogP contribution in [0.15, 0.2) is 60.7 Å². The molecule has 3 aromatic rings. The number of carbonyl (C=O) groups is 1. The Labute approximate surface area is 185 Å². The number of rotatable bonds is 9. The van der Waals surface area contributed by atoms with E-state index < -0.39 is 5.97 Å². The standard InChI is InChI=1S/C23H21Cl2NO4/c1-29-21-4-2-3-17(13-26-12-15-5-7-16(8-6-15)23(27)28)22(21)30-14-18-9-10-19(24)11-20(18)25/h2-11,26H,12-14H2,1H3,(H,27,28). The molecule has 0 aliphatic rings. The van der Waals surface area contributed by atoms with Gasteiger partial charge in [-0.1, -0.05) is 53.5 Å². The van der Waals surface area contributed by atoms with E-state index in [0.717, 1.165) is 16.7 Å². The Morgan fingerprint density at radius 1 is 1.00 bits per heavy atom. The second kappa shape index (κ2) is 10.3. The third-order valence-corrected chi connectivity index (χ3v) is 5.10. The van der Waals surface area contributed by atoms with E-state index in [9.17, 15) is 4.79 Å². The third-order valence-electron chi connectivity index (χ3n) is 4.51. The lowest BCUT2D eigenvalue weighted by Gasteiger charge is -2.16. The summed E-state index contributed by atoms with van der Waals surface area (Å²) in [6.45, 7) is 1.40. The van der Waals surface area contributed by atoms with Gasteiger partial charge in [0.2, 0.25) is 0 Å². The summed E-state index contributed by atoms with van der Waals surface area (Å²) >= 11 is 12.2. The largest absolute Gasteiger partial charge is 0.493 e. The topological polar surface area (TPSA) is 67.8 Å². The molecule has 3 rings (SSSR count). The van der Waals surface area contributed by atoms with E-state index >= 15 is 0 Å². The van der Waals surface area contributed by atoms with Gasteiger partial charge in [-0.25, -0.2) is 4.79 Å². The molecule has 30 heavy (non-hydrogen) atoms. The minimum atomic E-state index is -0.937. The van der Waals surface area contributed by atoms with E-state index in [0.29, 0.717) is 34.6 Å². The Morgan fingerprint density at radius 3 is 2.43 bits per heavy atom. The van der Waals surface area contributed by atoms with Gasteiger partial charge in [-0.15, -0.1) is 0 Å². The molecular formula is C23H21Cl2NO4. The SMILES string of the molecule is COc1cccc(CNCc2ccc(C(=O)O)cc2)c1OCc1ccc(Cl)cc1Cl. The van der Waals surface area contributed by atoms with Gasteiger partial charge in [0.15, 0.2) is 11.5 Å². The summed E-state index contributed by atoms with van der Waals surface area (Å²) in [5.74, 6) is 0.332. The number of benzene rings is 3. The van der Waals surface area contributed by atoms with Gasteiger partial charge in [0.25, 0.3) is 0 Å². The molecule has 3 aromatic carbocycles. The van der Waals surface area contributed by atoms with Crippen molar-refractivity contribution in [1.29, 1.82) is 0 Å². The van der Waals surface area contributed by atoms with Gasteiger partial charge in [0.05, 0.1) is 12.7 Å². The van der Waals surface area contributed by atoms with Crippen molar-refractivity contribution in [1.82, 2.24) is 5.32 Å². The average molecular weight is 446 g/mol. The Balaban J connectivity index is 1.67. The van der Waals surface area contributed by atoms with Crippen molar-refractivity contribution in [2.45, 2.75) is 19.7 Å². The molecule has 2 N–H and O–H groups in total. The van der Waals surface area contributed by atoms with Crippen LogP contribution in [0.3, 0.4) is 0 Å². The molecule has 0 heterocycles. The summed E-state index contributed by atoms with van der Waals surface area (Å²) in [6, 6.07) is 17.8. The molecule has 0 amide bonds. The van der Waals surface area contributed by atoms with Gasteiger partial charge in [-0.2, -0.15) is 0 Å². The van der Waals surface area contributed by atoms with Crippen molar-refractivity contribution in [3.05, 3.63) is 93.0 Å². The number of methoxy groups -OCH3 is 1. The lowest BCUT2D eigenvalue weighted by atomic mass is 10.1. The molecule has 7 heteroatoms. The fourth-order valence-electron chi connectivity index (χ4n) is 2.92. The maximum absolute atomic E-state index is 11.0. The molecular weight excluding hydrogens is 425 g/mol. The smallest absolute Gasteiger partial charge is 0.335 e. The van der Waals surface area contributed by atoms with Crippen molar-refractivity contribution in [2.24, 2.45) is 0 Å². The van der Waals surface area contributed by atoms with E-state index in [2.05, 4.69) is 5.32 Å². The lowest BCUT2D eigenvalue weighted by Crippen LogP contribution is -2.14. The van der Waals surface area contributed by atoms with Crippen molar-refractivity contribution in [2.75, 3.05) is 7.11 Å². The highest BCUT2D eigenvalue weighted by molar-refractivity contribution is 6.35. The molecule has 0 atom stereocenters. The molecule has 0 unspecified atom stereocenters. The zero-order chi connectivity index (χ0) is 21.5. The van der Waals surface area contributed by atoms with Crippen LogP contribution >= 0.6 is 23.2 Å². The van der Waals surface area contributed by atoms with E-state index in [1.807, 2.05) is 24.3 Å². The Kier molecular flexibility index (Phi) is 7.57. The summed E-state index contributed by atoms with van der Waals surface area (Å²) in [5, 5.41) is 13.5. The molecule has 0 fully saturated rings. The minimum Gasteiger partial charge on any atom is -0.493 e. The molecule has 0 spiro atoms. The normalized spacial score (nSPS) is 10.6. The van der Waals surface area contributed by atoms with E-state index in [1.165, 1.54) is 0 Å². The van der Waals surface area contributed by atoms with Crippen LogP contribution in [-0.2, 0) is 19.7 Å². The van der Waals surface area contributed by atoms with E-state index in [4.69, 9.17) is 37.8 Å². The van der Waals surface area contributed by atoms with Crippen LogP contribution in [0.4, 0.5) is 0 Å². The fraction of sp³-hybridized carbons (Fsp3) is 0.174. The van der Waals surface area contributed by atoms with Crippen LogP contribution in [0.5, 0.6) is 11.5 Å². The van der Waals surface area contributed by atoms with Crippen LogP contribution in [0.25, 0.3) is 0 Å². The van der Waals surface area contributed by atoms with Gasteiger partial charge in [-0.3, -0.25) is 0 Å². The highest BCUT2D eigenvalue weighted by Gasteiger charge is 2.12. The van der Waals surface area contributed by atoms with Gasteiger partial charge < -0.3 is 19.9 Å². The monoisotopic (exact) mass is 445 g/mol. The van der Waals surface area contributed by atoms with Crippen molar-refractivity contribution in [3.8, 4) is 11.5 Å². The van der Waals surface area contributed by atoms with Crippen LogP contribution < -0.4 is 14.8 Å². The molecule has 5 nitrogen and oxygen atoms in total. The molecule has 0 aromatic heterocycles. The maximum atomic E-state index is 11.0. The first-order chi connectivity index (χ1) is 14.5. The number of halogens is 2. The average Bonchev–Trinajstić information content (AvgIpc) is 2.74. The number of hydrogen-bond donors (Lipinski definition) is 2. The summed E-state index contributed by atoms with van der Waals surface area (Å²) in [7, 11) is 1.60. The first kappa shape index (κ1) is 22.0.